The van der Waals surface area contributed by atoms with Crippen LogP contribution in [-0.2, 0) is 0 Å². The minimum Gasteiger partial charge on any atom is -0.310 e. The first-order chi connectivity index (χ1) is 8.74. The molecule has 1 saturated carbocycles. The summed E-state index contributed by atoms with van der Waals surface area (Å²) in [5, 5.41) is 12.2. The fourth-order valence-corrected chi connectivity index (χ4v) is 2.58. The van der Waals surface area contributed by atoms with Crippen LogP contribution >= 0.6 is 0 Å². The number of nitrogens with one attached hydrogen (secondary N) is 1. The summed E-state index contributed by atoms with van der Waals surface area (Å²) in [6.45, 7) is 2.09. The van der Waals surface area contributed by atoms with Crippen molar-refractivity contribution < 1.29 is 4.39 Å². The summed E-state index contributed by atoms with van der Waals surface area (Å²) in [5.74, 6) is 0.244. The molecular weight excluding hydrogens is 227 g/mol. The third kappa shape index (κ3) is 2.88. The number of rotatable bonds is 5. The lowest BCUT2D eigenvalue weighted by Crippen LogP contribution is -2.45. The molecule has 0 saturated heterocycles. The predicted octanol–water partition coefficient (Wildman–Crippen LogP) is 3.35. The van der Waals surface area contributed by atoms with Crippen LogP contribution in [-0.4, -0.2) is 12.1 Å². The number of nitriles is 1. The van der Waals surface area contributed by atoms with Gasteiger partial charge in [0.15, 0.2) is 0 Å². The molecule has 0 radical (unpaired) electrons. The number of halogens is 1. The molecule has 1 aliphatic carbocycles. The van der Waals surface area contributed by atoms with Gasteiger partial charge in [-0.15, -0.1) is 0 Å². The molecule has 1 atom stereocenters. The van der Waals surface area contributed by atoms with Gasteiger partial charge in [-0.2, -0.15) is 5.26 Å². The highest BCUT2D eigenvalue weighted by molar-refractivity contribution is 5.24. The van der Waals surface area contributed by atoms with Crippen LogP contribution < -0.4 is 5.32 Å². The Bertz CT molecular complexity index is 432. The molecule has 0 spiro atoms. The predicted molar refractivity (Wildman–Crippen MR) is 69.6 cm³/mol. The fourth-order valence-electron chi connectivity index (χ4n) is 2.58. The second kappa shape index (κ2) is 5.97. The van der Waals surface area contributed by atoms with Crippen LogP contribution in [0, 0.1) is 17.1 Å². The van der Waals surface area contributed by atoms with Crippen molar-refractivity contribution in [2.24, 2.45) is 0 Å². The number of hydrogen-bond donors (Lipinski definition) is 1. The molecule has 1 unspecified atom stereocenters. The molecule has 1 aromatic carbocycles. The number of hydrogen-bond acceptors (Lipinski definition) is 2. The number of nitrogens with zero attached hydrogens (tertiary/aromatic N) is 1. The molecule has 0 aliphatic heterocycles. The SMILES string of the molecule is CCC(CC#N)NC1CC(c2ccccc2F)C1. The highest BCUT2D eigenvalue weighted by atomic mass is 19.1. The van der Waals surface area contributed by atoms with E-state index in [9.17, 15) is 4.39 Å². The zero-order valence-corrected chi connectivity index (χ0v) is 10.7. The summed E-state index contributed by atoms with van der Waals surface area (Å²) in [7, 11) is 0. The maximum Gasteiger partial charge on any atom is 0.126 e. The molecule has 18 heavy (non-hydrogen) atoms. The van der Waals surface area contributed by atoms with Crippen molar-refractivity contribution >= 4 is 0 Å². The van der Waals surface area contributed by atoms with Gasteiger partial charge in [-0.1, -0.05) is 25.1 Å². The van der Waals surface area contributed by atoms with Gasteiger partial charge in [0.1, 0.15) is 5.82 Å². The van der Waals surface area contributed by atoms with Crippen LogP contribution in [0.1, 0.15) is 44.1 Å². The second-order valence-electron chi connectivity index (χ2n) is 5.02. The van der Waals surface area contributed by atoms with Gasteiger partial charge in [0.05, 0.1) is 12.5 Å². The Kier molecular flexibility index (Phi) is 4.33. The van der Waals surface area contributed by atoms with Crippen molar-refractivity contribution in [3.8, 4) is 6.07 Å². The van der Waals surface area contributed by atoms with Crippen molar-refractivity contribution in [2.45, 2.75) is 50.6 Å². The lowest BCUT2D eigenvalue weighted by atomic mass is 9.75. The van der Waals surface area contributed by atoms with E-state index in [1.54, 1.807) is 6.07 Å². The minimum absolute atomic E-state index is 0.0926. The molecule has 2 nitrogen and oxygen atoms in total. The lowest BCUT2D eigenvalue weighted by Gasteiger charge is -2.38. The molecule has 1 aromatic rings. The van der Waals surface area contributed by atoms with E-state index in [2.05, 4.69) is 18.3 Å². The highest BCUT2D eigenvalue weighted by Gasteiger charge is 2.32. The Morgan fingerprint density at radius 1 is 1.44 bits per heavy atom. The van der Waals surface area contributed by atoms with Crippen LogP contribution in [0.4, 0.5) is 4.39 Å². The van der Waals surface area contributed by atoms with Gasteiger partial charge in [0.2, 0.25) is 0 Å². The third-order valence-electron chi connectivity index (χ3n) is 3.79. The molecule has 0 heterocycles. The van der Waals surface area contributed by atoms with Crippen molar-refractivity contribution in [3.63, 3.8) is 0 Å². The van der Waals surface area contributed by atoms with E-state index >= 15 is 0 Å². The lowest BCUT2D eigenvalue weighted by molar-refractivity contribution is 0.258. The van der Waals surface area contributed by atoms with Gasteiger partial charge in [-0.05, 0) is 36.8 Å². The molecule has 3 heteroatoms. The van der Waals surface area contributed by atoms with E-state index in [1.165, 1.54) is 6.07 Å². The van der Waals surface area contributed by atoms with Gasteiger partial charge < -0.3 is 5.32 Å². The topological polar surface area (TPSA) is 35.8 Å². The highest BCUT2D eigenvalue weighted by Crippen LogP contribution is 2.38. The fraction of sp³-hybridized carbons (Fsp3) is 0.533. The normalized spacial score (nSPS) is 24.1. The standard InChI is InChI=1S/C15H19FN2/c1-2-12(7-8-17)18-13-9-11(10-13)14-5-3-4-6-15(14)16/h3-6,11-13,18H,2,7,9-10H2,1H3. The molecule has 1 N–H and O–H groups in total. The van der Waals surface area contributed by atoms with E-state index in [4.69, 9.17) is 5.26 Å². The summed E-state index contributed by atoms with van der Waals surface area (Å²) >= 11 is 0. The largest absolute Gasteiger partial charge is 0.310 e. The quantitative estimate of drug-likeness (QED) is 0.864. The van der Waals surface area contributed by atoms with E-state index in [0.717, 1.165) is 24.8 Å². The smallest absolute Gasteiger partial charge is 0.126 e. The Labute approximate surface area is 108 Å². The summed E-state index contributed by atoms with van der Waals surface area (Å²) in [4.78, 5) is 0. The zero-order valence-electron chi connectivity index (χ0n) is 10.7. The Balaban J connectivity index is 1.84. The molecule has 1 fully saturated rings. The second-order valence-corrected chi connectivity index (χ2v) is 5.02. The number of benzene rings is 1. The van der Waals surface area contributed by atoms with Crippen LogP contribution in [0.5, 0.6) is 0 Å². The van der Waals surface area contributed by atoms with E-state index in [-0.39, 0.29) is 11.9 Å². The molecule has 0 aromatic heterocycles. The van der Waals surface area contributed by atoms with Crippen molar-refractivity contribution in [2.75, 3.05) is 0 Å². The Morgan fingerprint density at radius 2 is 2.17 bits per heavy atom. The van der Waals surface area contributed by atoms with Crippen LogP contribution in [0.15, 0.2) is 24.3 Å². The third-order valence-corrected chi connectivity index (χ3v) is 3.79. The van der Waals surface area contributed by atoms with Crippen molar-refractivity contribution in [1.29, 1.82) is 5.26 Å². The molecule has 0 amide bonds. The summed E-state index contributed by atoms with van der Waals surface area (Å²) in [6, 6.07) is 9.95. The summed E-state index contributed by atoms with van der Waals surface area (Å²) in [5.41, 5.74) is 0.837. The van der Waals surface area contributed by atoms with Crippen molar-refractivity contribution in [1.82, 2.24) is 5.32 Å². The van der Waals surface area contributed by atoms with E-state index < -0.39 is 0 Å². The summed E-state index contributed by atoms with van der Waals surface area (Å²) < 4.78 is 13.6. The first kappa shape index (κ1) is 13.0. The van der Waals surface area contributed by atoms with Gasteiger partial charge in [0, 0.05) is 12.1 Å². The van der Waals surface area contributed by atoms with Crippen LogP contribution in [0.2, 0.25) is 0 Å². The van der Waals surface area contributed by atoms with Gasteiger partial charge in [-0.3, -0.25) is 0 Å². The first-order valence-corrected chi connectivity index (χ1v) is 6.62. The molecule has 0 bridgehead atoms. The van der Waals surface area contributed by atoms with Crippen molar-refractivity contribution in [3.05, 3.63) is 35.6 Å². The maximum absolute atomic E-state index is 13.6. The van der Waals surface area contributed by atoms with E-state index in [1.807, 2.05) is 12.1 Å². The Morgan fingerprint density at radius 3 is 2.78 bits per heavy atom. The average Bonchev–Trinajstić information content (AvgIpc) is 2.33. The van der Waals surface area contributed by atoms with Gasteiger partial charge in [-0.25, -0.2) is 4.39 Å². The Hall–Kier alpha value is -1.40. The van der Waals surface area contributed by atoms with Crippen LogP contribution in [0.3, 0.4) is 0 Å². The van der Waals surface area contributed by atoms with E-state index in [0.29, 0.717) is 18.4 Å². The van der Waals surface area contributed by atoms with Crippen LogP contribution in [0.25, 0.3) is 0 Å². The zero-order chi connectivity index (χ0) is 13.0. The first-order valence-electron chi connectivity index (χ1n) is 6.62. The van der Waals surface area contributed by atoms with Gasteiger partial charge >= 0.3 is 0 Å². The molecular formula is C15H19FN2. The molecule has 96 valence electrons. The maximum atomic E-state index is 13.6. The van der Waals surface area contributed by atoms with Gasteiger partial charge in [0.25, 0.3) is 0 Å². The average molecular weight is 246 g/mol. The summed E-state index contributed by atoms with van der Waals surface area (Å²) in [6.07, 6.45) is 3.47. The molecule has 2 rings (SSSR count). The molecule has 1 aliphatic rings. The monoisotopic (exact) mass is 246 g/mol. The minimum atomic E-state index is -0.0926.